The van der Waals surface area contributed by atoms with E-state index in [1.54, 1.807) is 12.3 Å². The Morgan fingerprint density at radius 3 is 2.84 bits per heavy atom. The average molecular weight is 285 g/mol. The van der Waals surface area contributed by atoms with E-state index in [-0.39, 0.29) is 23.5 Å². The van der Waals surface area contributed by atoms with Crippen molar-refractivity contribution >= 4 is 17.5 Å². The molecule has 19 heavy (non-hydrogen) atoms. The molecule has 1 fully saturated rings. The highest BCUT2D eigenvalue weighted by Crippen LogP contribution is 2.40. The minimum atomic E-state index is -0.344. The van der Waals surface area contributed by atoms with E-state index in [0.717, 1.165) is 13.0 Å². The predicted octanol–water partition coefficient (Wildman–Crippen LogP) is 2.44. The van der Waals surface area contributed by atoms with E-state index in [1.165, 1.54) is 0 Å². The summed E-state index contributed by atoms with van der Waals surface area (Å²) in [5, 5.41) is 13.3. The lowest BCUT2D eigenvalue weighted by atomic mass is 9.64. The maximum Gasteiger partial charge on any atom is 0.268 e. The maximum atomic E-state index is 12.3. The Bertz CT molecular complexity index is 482. The lowest BCUT2D eigenvalue weighted by Crippen LogP contribution is -2.61. The van der Waals surface area contributed by atoms with E-state index in [0.29, 0.717) is 17.1 Å². The molecule has 1 aliphatic carbocycles. The van der Waals surface area contributed by atoms with Crippen LogP contribution >= 0.6 is 11.6 Å². The molecule has 1 aromatic heterocycles. The van der Waals surface area contributed by atoms with Crippen molar-refractivity contribution in [1.29, 1.82) is 0 Å². The second kappa shape index (κ2) is 5.17. The fourth-order valence-corrected chi connectivity index (χ4v) is 2.69. The molecule has 2 rings (SSSR count). The lowest BCUT2D eigenvalue weighted by molar-refractivity contribution is -0.0690. The lowest BCUT2D eigenvalue weighted by Gasteiger charge is -2.49. The number of amides is 1. The minimum absolute atomic E-state index is 0.0127. The number of hydrogen-bond donors (Lipinski definition) is 2. The van der Waals surface area contributed by atoms with Gasteiger partial charge < -0.3 is 15.0 Å². The van der Waals surface area contributed by atoms with E-state index < -0.39 is 0 Å². The van der Waals surface area contributed by atoms with Crippen molar-refractivity contribution in [2.45, 2.75) is 52.3 Å². The fraction of sp³-hybridized carbons (Fsp3) is 0.643. The number of halogens is 1. The van der Waals surface area contributed by atoms with Crippen LogP contribution in [0.3, 0.4) is 0 Å². The van der Waals surface area contributed by atoms with Gasteiger partial charge in [-0.2, -0.15) is 0 Å². The molecule has 1 saturated carbocycles. The third kappa shape index (κ3) is 2.65. The third-order valence-corrected chi connectivity index (χ3v) is 4.29. The van der Waals surface area contributed by atoms with Gasteiger partial charge in [-0.15, -0.1) is 0 Å². The molecule has 0 spiro atoms. The van der Waals surface area contributed by atoms with Gasteiger partial charge in [0.1, 0.15) is 5.69 Å². The van der Waals surface area contributed by atoms with Gasteiger partial charge in [0.2, 0.25) is 0 Å². The summed E-state index contributed by atoms with van der Waals surface area (Å²) in [5.74, 6) is -0.120. The van der Waals surface area contributed by atoms with Crippen LogP contribution in [0.1, 0.15) is 44.1 Å². The third-order valence-electron chi connectivity index (χ3n) is 4.08. The largest absolute Gasteiger partial charge is 0.392 e. The van der Waals surface area contributed by atoms with Gasteiger partial charge in [-0.05, 0) is 18.9 Å². The van der Waals surface area contributed by atoms with Crippen molar-refractivity contribution in [1.82, 2.24) is 9.88 Å². The van der Waals surface area contributed by atoms with Crippen LogP contribution in [0.4, 0.5) is 0 Å². The molecule has 106 valence electrons. The first-order chi connectivity index (χ1) is 8.86. The summed E-state index contributed by atoms with van der Waals surface area (Å²) in [5.41, 5.74) is 0.325. The fourth-order valence-electron chi connectivity index (χ4n) is 2.47. The Labute approximate surface area is 118 Å². The molecule has 1 aliphatic rings. The highest BCUT2D eigenvalue weighted by Gasteiger charge is 2.48. The number of nitrogens with zero attached hydrogens (tertiary/aromatic N) is 1. The number of aliphatic hydroxyl groups excluding tert-OH is 1. The zero-order valence-electron chi connectivity index (χ0n) is 11.6. The zero-order valence-corrected chi connectivity index (χ0v) is 12.4. The van der Waals surface area contributed by atoms with Gasteiger partial charge in [-0.1, -0.05) is 32.4 Å². The number of nitrogens with one attached hydrogen (secondary N) is 1. The van der Waals surface area contributed by atoms with Gasteiger partial charge >= 0.3 is 0 Å². The van der Waals surface area contributed by atoms with E-state index >= 15 is 0 Å². The van der Waals surface area contributed by atoms with Crippen molar-refractivity contribution in [3.05, 3.63) is 23.0 Å². The quantitative estimate of drug-likeness (QED) is 0.892. The summed E-state index contributed by atoms with van der Waals surface area (Å²) in [6.45, 7) is 6.75. The molecule has 0 radical (unpaired) electrons. The van der Waals surface area contributed by atoms with Crippen LogP contribution < -0.4 is 5.32 Å². The molecule has 0 saturated heterocycles. The van der Waals surface area contributed by atoms with Gasteiger partial charge in [-0.3, -0.25) is 4.79 Å². The molecule has 1 heterocycles. The van der Waals surface area contributed by atoms with E-state index in [1.807, 2.05) is 18.4 Å². The first-order valence-electron chi connectivity index (χ1n) is 6.70. The summed E-state index contributed by atoms with van der Waals surface area (Å²) in [6, 6.07) is 1.70. The highest BCUT2D eigenvalue weighted by atomic mass is 35.5. The van der Waals surface area contributed by atoms with Crippen LogP contribution in [0.25, 0.3) is 0 Å². The summed E-state index contributed by atoms with van der Waals surface area (Å²) < 4.78 is 1.87. The van der Waals surface area contributed by atoms with Crippen molar-refractivity contribution < 1.29 is 9.90 Å². The number of aromatic nitrogens is 1. The van der Waals surface area contributed by atoms with E-state index in [2.05, 4.69) is 12.2 Å². The topological polar surface area (TPSA) is 54.3 Å². The summed E-state index contributed by atoms with van der Waals surface area (Å²) in [4.78, 5) is 12.3. The maximum absolute atomic E-state index is 12.3. The minimum Gasteiger partial charge on any atom is -0.392 e. The van der Waals surface area contributed by atoms with Crippen LogP contribution in [0, 0.1) is 5.41 Å². The second-order valence-electron chi connectivity index (χ2n) is 5.84. The SMILES string of the molecule is CCCn1cc(Cl)cc1C(=O)NC1CC(O)C1(C)C. The Morgan fingerprint density at radius 2 is 2.32 bits per heavy atom. The Kier molecular flexibility index (Phi) is 3.92. The number of carbonyl (C=O) groups is 1. The standard InChI is InChI=1S/C14H21ClN2O2/c1-4-5-17-8-9(15)6-10(17)13(19)16-11-7-12(18)14(11,2)3/h6,8,11-12,18H,4-5,7H2,1-3H3,(H,16,19). The predicted molar refractivity (Wildman–Crippen MR) is 75.4 cm³/mol. The number of hydrogen-bond acceptors (Lipinski definition) is 2. The van der Waals surface area contributed by atoms with Gasteiger partial charge in [0.15, 0.2) is 0 Å². The number of rotatable bonds is 4. The zero-order chi connectivity index (χ0) is 14.2. The van der Waals surface area contributed by atoms with Crippen LogP contribution in [0.2, 0.25) is 5.02 Å². The smallest absolute Gasteiger partial charge is 0.268 e. The van der Waals surface area contributed by atoms with Gasteiger partial charge in [0.25, 0.3) is 5.91 Å². The van der Waals surface area contributed by atoms with Crippen LogP contribution in [0.5, 0.6) is 0 Å². The molecule has 1 amide bonds. The van der Waals surface area contributed by atoms with Crippen LogP contribution in [-0.2, 0) is 6.54 Å². The number of carbonyl (C=O) groups excluding carboxylic acids is 1. The van der Waals surface area contributed by atoms with Crippen LogP contribution in [-0.4, -0.2) is 27.7 Å². The first-order valence-corrected chi connectivity index (χ1v) is 7.08. The second-order valence-corrected chi connectivity index (χ2v) is 6.27. The number of aryl methyl sites for hydroxylation is 1. The van der Waals surface area contributed by atoms with Crippen molar-refractivity contribution in [3.63, 3.8) is 0 Å². The monoisotopic (exact) mass is 284 g/mol. The van der Waals surface area contributed by atoms with Crippen molar-refractivity contribution in [2.75, 3.05) is 0 Å². The van der Waals surface area contributed by atoms with E-state index in [4.69, 9.17) is 11.6 Å². The molecular weight excluding hydrogens is 264 g/mol. The van der Waals surface area contributed by atoms with Gasteiger partial charge in [0.05, 0.1) is 11.1 Å². The Morgan fingerprint density at radius 1 is 1.63 bits per heavy atom. The normalized spacial score (nSPS) is 24.9. The molecule has 1 aromatic rings. The summed E-state index contributed by atoms with van der Waals surface area (Å²) in [6.07, 6.45) is 2.99. The van der Waals surface area contributed by atoms with Crippen LogP contribution in [0.15, 0.2) is 12.3 Å². The van der Waals surface area contributed by atoms with Crippen molar-refractivity contribution in [2.24, 2.45) is 5.41 Å². The molecule has 4 nitrogen and oxygen atoms in total. The molecule has 2 atom stereocenters. The van der Waals surface area contributed by atoms with Gasteiger partial charge in [-0.25, -0.2) is 0 Å². The first kappa shape index (κ1) is 14.4. The van der Waals surface area contributed by atoms with Gasteiger partial charge in [0, 0.05) is 24.2 Å². The average Bonchev–Trinajstić information content (AvgIpc) is 2.70. The van der Waals surface area contributed by atoms with E-state index in [9.17, 15) is 9.90 Å². The Hall–Kier alpha value is -1.00. The summed E-state index contributed by atoms with van der Waals surface area (Å²) >= 11 is 5.97. The molecular formula is C14H21ClN2O2. The van der Waals surface area contributed by atoms with Crippen molar-refractivity contribution in [3.8, 4) is 0 Å². The molecule has 5 heteroatoms. The summed E-state index contributed by atoms with van der Waals surface area (Å²) in [7, 11) is 0. The molecule has 2 N–H and O–H groups in total. The Balaban J connectivity index is 2.08. The molecule has 0 bridgehead atoms. The molecule has 0 aromatic carbocycles. The molecule has 2 unspecified atom stereocenters. The number of aliphatic hydroxyl groups is 1. The molecule has 0 aliphatic heterocycles. The highest BCUT2D eigenvalue weighted by molar-refractivity contribution is 6.31.